The molecule has 0 aliphatic heterocycles. The molecule has 0 saturated carbocycles. The molecular formula is C12H19NO3. The molecule has 1 atom stereocenters. The third kappa shape index (κ3) is 3.70. The zero-order chi connectivity index (χ0) is 12.1. The number of aliphatic hydroxyl groups is 1. The molecular weight excluding hydrogens is 206 g/mol. The fraction of sp³-hybridized carbons (Fsp3) is 0.583. The Balaban J connectivity index is 2.39. The van der Waals surface area contributed by atoms with Crippen LogP contribution < -0.4 is 5.32 Å². The van der Waals surface area contributed by atoms with Crippen molar-refractivity contribution >= 4 is 5.91 Å². The van der Waals surface area contributed by atoms with Gasteiger partial charge in [-0.15, -0.1) is 0 Å². The smallest absolute Gasteiger partial charge is 0.287 e. The predicted molar refractivity (Wildman–Crippen MR) is 61.2 cm³/mol. The zero-order valence-corrected chi connectivity index (χ0v) is 9.99. The van der Waals surface area contributed by atoms with Crippen molar-refractivity contribution in [2.24, 2.45) is 5.92 Å². The molecule has 1 aromatic rings. The Kier molecular flexibility index (Phi) is 4.55. The average molecular weight is 225 g/mol. The van der Waals surface area contributed by atoms with Crippen molar-refractivity contribution in [1.82, 2.24) is 5.32 Å². The lowest BCUT2D eigenvalue weighted by Crippen LogP contribution is -2.32. The summed E-state index contributed by atoms with van der Waals surface area (Å²) in [6.45, 7) is 6.13. The molecule has 0 aromatic carbocycles. The van der Waals surface area contributed by atoms with Crippen LogP contribution >= 0.6 is 0 Å². The van der Waals surface area contributed by atoms with Gasteiger partial charge in [0.2, 0.25) is 0 Å². The van der Waals surface area contributed by atoms with Gasteiger partial charge < -0.3 is 14.8 Å². The number of carbonyl (C=O) groups excluding carboxylic acids is 1. The van der Waals surface area contributed by atoms with Gasteiger partial charge in [-0.25, -0.2) is 0 Å². The van der Waals surface area contributed by atoms with Crippen LogP contribution in [0.1, 0.15) is 36.4 Å². The quantitative estimate of drug-likeness (QED) is 0.802. The molecule has 2 N–H and O–H groups in total. The van der Waals surface area contributed by atoms with E-state index in [0.29, 0.717) is 18.1 Å². The van der Waals surface area contributed by atoms with Gasteiger partial charge in [0.15, 0.2) is 5.76 Å². The van der Waals surface area contributed by atoms with Crippen molar-refractivity contribution in [1.29, 1.82) is 0 Å². The highest BCUT2D eigenvalue weighted by Gasteiger charge is 2.14. The number of hydrogen-bond acceptors (Lipinski definition) is 3. The highest BCUT2D eigenvalue weighted by atomic mass is 16.3. The van der Waals surface area contributed by atoms with Crippen LogP contribution in [0.25, 0.3) is 0 Å². The van der Waals surface area contributed by atoms with Crippen LogP contribution in [-0.2, 0) is 0 Å². The summed E-state index contributed by atoms with van der Waals surface area (Å²) in [7, 11) is 0. The van der Waals surface area contributed by atoms with Crippen LogP contribution in [0.3, 0.4) is 0 Å². The van der Waals surface area contributed by atoms with Crippen molar-refractivity contribution in [3.63, 3.8) is 0 Å². The van der Waals surface area contributed by atoms with E-state index in [4.69, 9.17) is 4.42 Å². The van der Waals surface area contributed by atoms with Gasteiger partial charge in [0.05, 0.1) is 12.4 Å². The molecule has 1 aromatic heterocycles. The van der Waals surface area contributed by atoms with E-state index in [1.807, 2.05) is 20.8 Å². The molecule has 0 spiro atoms. The summed E-state index contributed by atoms with van der Waals surface area (Å²) in [5, 5.41) is 12.2. The van der Waals surface area contributed by atoms with E-state index in [9.17, 15) is 9.90 Å². The summed E-state index contributed by atoms with van der Waals surface area (Å²) < 4.78 is 5.05. The molecule has 0 aliphatic carbocycles. The Hall–Kier alpha value is -1.29. The standard InChI is InChI=1S/C12H19NO3/c1-8(2)6-10(14)7-13-12(15)11-9(3)4-5-16-11/h4-5,8,10,14H,6-7H2,1-3H3,(H,13,15). The second-order valence-electron chi connectivity index (χ2n) is 4.43. The lowest BCUT2D eigenvalue weighted by atomic mass is 10.1. The maximum atomic E-state index is 11.6. The normalized spacial score (nSPS) is 12.8. The van der Waals surface area contributed by atoms with Crippen LogP contribution in [0, 0.1) is 12.8 Å². The second kappa shape index (κ2) is 5.70. The molecule has 0 fully saturated rings. The Morgan fingerprint density at radius 2 is 2.25 bits per heavy atom. The first-order valence-corrected chi connectivity index (χ1v) is 5.51. The molecule has 0 bridgehead atoms. The molecule has 4 nitrogen and oxygen atoms in total. The van der Waals surface area contributed by atoms with E-state index < -0.39 is 6.10 Å². The Morgan fingerprint density at radius 3 is 2.75 bits per heavy atom. The molecule has 16 heavy (non-hydrogen) atoms. The van der Waals surface area contributed by atoms with Crippen LogP contribution in [0.15, 0.2) is 16.7 Å². The van der Waals surface area contributed by atoms with Gasteiger partial charge in [-0.2, -0.15) is 0 Å². The number of hydrogen-bond donors (Lipinski definition) is 2. The average Bonchev–Trinajstić information content (AvgIpc) is 2.60. The molecule has 0 aliphatic rings. The van der Waals surface area contributed by atoms with Crippen LogP contribution in [-0.4, -0.2) is 23.7 Å². The van der Waals surface area contributed by atoms with Gasteiger partial charge >= 0.3 is 0 Å². The van der Waals surface area contributed by atoms with Gasteiger partial charge in [-0.1, -0.05) is 13.8 Å². The number of furan rings is 1. The van der Waals surface area contributed by atoms with Crippen LogP contribution in [0.5, 0.6) is 0 Å². The van der Waals surface area contributed by atoms with Gasteiger partial charge in [-0.05, 0) is 25.3 Å². The van der Waals surface area contributed by atoms with Gasteiger partial charge in [-0.3, -0.25) is 4.79 Å². The lowest BCUT2D eigenvalue weighted by molar-refractivity contribution is 0.0873. The first-order valence-electron chi connectivity index (χ1n) is 5.51. The molecule has 1 heterocycles. The fourth-order valence-corrected chi connectivity index (χ4v) is 1.52. The summed E-state index contributed by atoms with van der Waals surface area (Å²) in [6.07, 6.45) is 1.66. The van der Waals surface area contributed by atoms with Crippen molar-refractivity contribution in [2.45, 2.75) is 33.3 Å². The van der Waals surface area contributed by atoms with E-state index >= 15 is 0 Å². The fourth-order valence-electron chi connectivity index (χ4n) is 1.52. The highest BCUT2D eigenvalue weighted by molar-refractivity contribution is 5.92. The zero-order valence-electron chi connectivity index (χ0n) is 9.99. The topological polar surface area (TPSA) is 62.5 Å². The first-order chi connectivity index (χ1) is 7.50. The maximum Gasteiger partial charge on any atom is 0.287 e. The van der Waals surface area contributed by atoms with E-state index in [0.717, 1.165) is 5.56 Å². The van der Waals surface area contributed by atoms with Gasteiger partial charge in [0.1, 0.15) is 0 Å². The van der Waals surface area contributed by atoms with Gasteiger partial charge in [0.25, 0.3) is 5.91 Å². The molecule has 1 unspecified atom stereocenters. The van der Waals surface area contributed by atoms with E-state index in [1.54, 1.807) is 6.07 Å². The molecule has 1 rings (SSSR count). The molecule has 90 valence electrons. The molecule has 0 saturated heterocycles. The van der Waals surface area contributed by atoms with Crippen molar-refractivity contribution < 1.29 is 14.3 Å². The van der Waals surface area contributed by atoms with Gasteiger partial charge in [0, 0.05) is 12.1 Å². The molecule has 0 radical (unpaired) electrons. The summed E-state index contributed by atoms with van der Waals surface area (Å²) in [4.78, 5) is 11.6. The van der Waals surface area contributed by atoms with Crippen molar-refractivity contribution in [3.05, 3.63) is 23.7 Å². The van der Waals surface area contributed by atoms with E-state index in [-0.39, 0.29) is 12.5 Å². The minimum absolute atomic E-state index is 0.261. The first kappa shape index (κ1) is 12.8. The maximum absolute atomic E-state index is 11.6. The van der Waals surface area contributed by atoms with Crippen molar-refractivity contribution in [2.75, 3.05) is 6.54 Å². The van der Waals surface area contributed by atoms with Crippen LogP contribution in [0.2, 0.25) is 0 Å². The summed E-state index contributed by atoms with van der Waals surface area (Å²) in [5.74, 6) is 0.458. The minimum Gasteiger partial charge on any atom is -0.459 e. The second-order valence-corrected chi connectivity index (χ2v) is 4.43. The monoisotopic (exact) mass is 225 g/mol. The lowest BCUT2D eigenvalue weighted by Gasteiger charge is -2.13. The predicted octanol–water partition coefficient (Wildman–Crippen LogP) is 1.72. The van der Waals surface area contributed by atoms with E-state index in [2.05, 4.69) is 5.32 Å². The largest absolute Gasteiger partial charge is 0.459 e. The number of aliphatic hydroxyl groups excluding tert-OH is 1. The Labute approximate surface area is 95.7 Å². The number of aryl methyl sites for hydroxylation is 1. The van der Waals surface area contributed by atoms with Crippen LogP contribution in [0.4, 0.5) is 0 Å². The third-order valence-electron chi connectivity index (χ3n) is 2.31. The summed E-state index contributed by atoms with van der Waals surface area (Å²) in [5.41, 5.74) is 0.802. The summed E-state index contributed by atoms with van der Waals surface area (Å²) in [6, 6.07) is 1.74. The minimum atomic E-state index is -0.501. The highest BCUT2D eigenvalue weighted by Crippen LogP contribution is 2.08. The SMILES string of the molecule is Cc1ccoc1C(=O)NCC(O)CC(C)C. The Morgan fingerprint density at radius 1 is 1.56 bits per heavy atom. The molecule has 1 amide bonds. The number of rotatable bonds is 5. The number of nitrogens with one attached hydrogen (secondary N) is 1. The van der Waals surface area contributed by atoms with Crippen molar-refractivity contribution in [3.8, 4) is 0 Å². The number of carbonyl (C=O) groups is 1. The molecule has 4 heteroatoms. The summed E-state index contributed by atoms with van der Waals surface area (Å²) >= 11 is 0. The van der Waals surface area contributed by atoms with E-state index in [1.165, 1.54) is 6.26 Å². The Bertz CT molecular complexity index is 344. The third-order valence-corrected chi connectivity index (χ3v) is 2.31. The number of amides is 1.